The minimum absolute atomic E-state index is 0.157. The summed E-state index contributed by atoms with van der Waals surface area (Å²) in [6, 6.07) is 7.08. The predicted octanol–water partition coefficient (Wildman–Crippen LogP) is 2.54. The van der Waals surface area contributed by atoms with E-state index < -0.39 is 6.10 Å². The fourth-order valence-corrected chi connectivity index (χ4v) is 2.14. The molecule has 23 heavy (non-hydrogen) atoms. The van der Waals surface area contributed by atoms with Crippen molar-refractivity contribution in [2.45, 2.75) is 33.4 Å². The minimum atomic E-state index is -0.681. The normalized spacial score (nSPS) is 12.4. The Morgan fingerprint density at radius 1 is 1.48 bits per heavy atom. The van der Waals surface area contributed by atoms with Crippen molar-refractivity contribution in [2.75, 3.05) is 19.5 Å². The summed E-state index contributed by atoms with van der Waals surface area (Å²) < 4.78 is 5.29. The highest BCUT2D eigenvalue weighted by molar-refractivity contribution is 6.27. The molecule has 0 aliphatic rings. The molecule has 126 valence electrons. The third-order valence-electron chi connectivity index (χ3n) is 3.64. The first-order valence-corrected chi connectivity index (χ1v) is 7.85. The minimum Gasteiger partial charge on any atom is -0.496 e. The third kappa shape index (κ3) is 5.42. The molecule has 0 heterocycles. The van der Waals surface area contributed by atoms with Gasteiger partial charge < -0.3 is 14.7 Å². The van der Waals surface area contributed by atoms with Gasteiger partial charge in [0.15, 0.2) is 0 Å². The van der Waals surface area contributed by atoms with Crippen molar-refractivity contribution < 1.29 is 14.6 Å². The lowest BCUT2D eigenvalue weighted by atomic mass is 9.89. The molecule has 6 heteroatoms. The zero-order chi connectivity index (χ0) is 17.6. The van der Waals surface area contributed by atoms with Crippen LogP contribution in [0.5, 0.6) is 5.75 Å². The zero-order valence-electron chi connectivity index (χ0n) is 14.0. The Morgan fingerprint density at radius 2 is 2.13 bits per heavy atom. The van der Waals surface area contributed by atoms with Crippen LogP contribution in [0.15, 0.2) is 18.2 Å². The third-order valence-corrected chi connectivity index (χ3v) is 3.87. The van der Waals surface area contributed by atoms with Crippen molar-refractivity contribution in [3.63, 3.8) is 0 Å². The van der Waals surface area contributed by atoms with Gasteiger partial charge in [0.1, 0.15) is 11.6 Å². The second kappa shape index (κ2) is 8.19. The van der Waals surface area contributed by atoms with Crippen LogP contribution in [-0.4, -0.2) is 41.6 Å². The molecule has 1 rings (SSSR count). The van der Waals surface area contributed by atoms with E-state index >= 15 is 0 Å². The lowest BCUT2D eigenvalue weighted by molar-refractivity contribution is -0.131. The van der Waals surface area contributed by atoms with Crippen LogP contribution in [0.3, 0.4) is 0 Å². The number of alkyl halides is 1. The molecule has 0 aliphatic carbocycles. The Morgan fingerprint density at radius 3 is 2.61 bits per heavy atom. The van der Waals surface area contributed by atoms with E-state index in [1.54, 1.807) is 18.2 Å². The topological polar surface area (TPSA) is 73.6 Å². The van der Waals surface area contributed by atoms with Gasteiger partial charge in [-0.15, -0.1) is 11.6 Å². The summed E-state index contributed by atoms with van der Waals surface area (Å²) >= 11 is 5.68. The SMILES string of the molecule is COc1cc(C#N)ccc1CN(CC(O)C(C)(C)C)C(=O)CCl. The molecular weight excluding hydrogens is 316 g/mol. The predicted molar refractivity (Wildman–Crippen MR) is 89.3 cm³/mol. The highest BCUT2D eigenvalue weighted by Gasteiger charge is 2.27. The number of aliphatic hydroxyl groups is 1. The average molecular weight is 339 g/mol. The van der Waals surface area contributed by atoms with Crippen molar-refractivity contribution in [3.8, 4) is 11.8 Å². The molecule has 1 N–H and O–H groups in total. The van der Waals surface area contributed by atoms with Gasteiger partial charge in [-0.2, -0.15) is 5.26 Å². The first-order valence-electron chi connectivity index (χ1n) is 7.31. The quantitative estimate of drug-likeness (QED) is 0.809. The molecule has 5 nitrogen and oxygen atoms in total. The standard InChI is InChI=1S/C17H23ClN2O3/c1-17(2,3)15(21)11-20(16(22)8-18)10-13-6-5-12(9-19)7-14(13)23-4/h5-7,15,21H,8,10-11H2,1-4H3. The maximum Gasteiger partial charge on any atom is 0.237 e. The van der Waals surface area contributed by atoms with Gasteiger partial charge >= 0.3 is 0 Å². The van der Waals surface area contributed by atoms with Crippen LogP contribution in [0.4, 0.5) is 0 Å². The highest BCUT2D eigenvalue weighted by atomic mass is 35.5. The first-order chi connectivity index (χ1) is 10.7. The van der Waals surface area contributed by atoms with E-state index in [0.29, 0.717) is 11.3 Å². The number of ether oxygens (including phenoxy) is 1. The van der Waals surface area contributed by atoms with E-state index in [4.69, 9.17) is 21.6 Å². The Balaban J connectivity index is 3.03. The largest absolute Gasteiger partial charge is 0.496 e. The van der Waals surface area contributed by atoms with Crippen LogP contribution in [-0.2, 0) is 11.3 Å². The van der Waals surface area contributed by atoms with E-state index in [2.05, 4.69) is 0 Å². The number of rotatable bonds is 6. The fourth-order valence-electron chi connectivity index (χ4n) is 1.97. The summed E-state index contributed by atoms with van der Waals surface area (Å²) in [5.41, 5.74) is 0.890. The van der Waals surface area contributed by atoms with Crippen LogP contribution >= 0.6 is 11.6 Å². The van der Waals surface area contributed by atoms with Crippen molar-refractivity contribution in [1.29, 1.82) is 5.26 Å². The summed E-state index contributed by atoms with van der Waals surface area (Å²) in [6.45, 7) is 6.15. The number of benzene rings is 1. The van der Waals surface area contributed by atoms with Gasteiger partial charge in [-0.25, -0.2) is 0 Å². The molecule has 0 fully saturated rings. The Kier molecular flexibility index (Phi) is 6.86. The second-order valence-corrected chi connectivity index (χ2v) is 6.70. The number of nitriles is 1. The number of amides is 1. The van der Waals surface area contributed by atoms with Crippen LogP contribution in [0, 0.1) is 16.7 Å². The average Bonchev–Trinajstić information content (AvgIpc) is 2.52. The molecule has 0 aromatic heterocycles. The molecule has 0 aliphatic heterocycles. The van der Waals surface area contributed by atoms with Gasteiger partial charge in [-0.1, -0.05) is 26.8 Å². The first kappa shape index (κ1) is 19.3. The van der Waals surface area contributed by atoms with Gasteiger partial charge in [0.25, 0.3) is 0 Å². The van der Waals surface area contributed by atoms with Gasteiger partial charge in [-0.05, 0) is 17.5 Å². The molecule has 0 saturated carbocycles. The van der Waals surface area contributed by atoms with Crippen LogP contribution in [0.2, 0.25) is 0 Å². The van der Waals surface area contributed by atoms with Gasteiger partial charge in [0.2, 0.25) is 5.91 Å². The van der Waals surface area contributed by atoms with Crippen molar-refractivity contribution in [2.24, 2.45) is 5.41 Å². The van der Waals surface area contributed by atoms with E-state index in [0.717, 1.165) is 5.56 Å². The number of methoxy groups -OCH3 is 1. The van der Waals surface area contributed by atoms with Crippen molar-refractivity contribution in [1.82, 2.24) is 4.90 Å². The van der Waals surface area contributed by atoms with Crippen molar-refractivity contribution in [3.05, 3.63) is 29.3 Å². The lowest BCUT2D eigenvalue weighted by Gasteiger charge is -2.32. The number of hydrogen-bond donors (Lipinski definition) is 1. The van der Waals surface area contributed by atoms with E-state index in [9.17, 15) is 9.90 Å². The molecule has 1 unspecified atom stereocenters. The number of carbonyl (C=O) groups excluding carboxylic acids is 1. The summed E-state index contributed by atoms with van der Waals surface area (Å²) in [5.74, 6) is 0.109. The van der Waals surface area contributed by atoms with Gasteiger partial charge in [0, 0.05) is 18.7 Å². The van der Waals surface area contributed by atoms with Crippen LogP contribution in [0.25, 0.3) is 0 Å². The summed E-state index contributed by atoms with van der Waals surface area (Å²) in [4.78, 5) is 13.6. The molecular formula is C17H23ClN2O3. The number of halogens is 1. The maximum absolute atomic E-state index is 12.1. The second-order valence-electron chi connectivity index (χ2n) is 6.43. The monoisotopic (exact) mass is 338 g/mol. The Bertz CT molecular complexity index is 590. The summed E-state index contributed by atoms with van der Waals surface area (Å²) in [7, 11) is 1.51. The highest BCUT2D eigenvalue weighted by Crippen LogP contribution is 2.24. The van der Waals surface area contributed by atoms with E-state index in [-0.39, 0.29) is 30.3 Å². The van der Waals surface area contributed by atoms with Crippen LogP contribution in [0.1, 0.15) is 31.9 Å². The Hall–Kier alpha value is -1.77. The lowest BCUT2D eigenvalue weighted by Crippen LogP contribution is -2.42. The zero-order valence-corrected chi connectivity index (χ0v) is 14.7. The molecule has 1 aromatic rings. The Labute approximate surface area is 142 Å². The van der Waals surface area contributed by atoms with Gasteiger partial charge in [-0.3, -0.25) is 4.79 Å². The van der Waals surface area contributed by atoms with Crippen LogP contribution < -0.4 is 4.74 Å². The smallest absolute Gasteiger partial charge is 0.237 e. The number of carbonyl (C=O) groups is 1. The number of hydrogen-bond acceptors (Lipinski definition) is 4. The molecule has 1 amide bonds. The van der Waals surface area contributed by atoms with Crippen molar-refractivity contribution >= 4 is 17.5 Å². The summed E-state index contributed by atoms with van der Waals surface area (Å²) in [6.07, 6.45) is -0.681. The molecule has 0 radical (unpaired) electrons. The molecule has 0 bridgehead atoms. The van der Waals surface area contributed by atoms with E-state index in [1.165, 1.54) is 12.0 Å². The molecule has 1 aromatic carbocycles. The molecule has 1 atom stereocenters. The molecule has 0 spiro atoms. The number of nitrogens with zero attached hydrogens (tertiary/aromatic N) is 2. The van der Waals surface area contributed by atoms with Gasteiger partial charge in [0.05, 0.1) is 24.8 Å². The fraction of sp³-hybridized carbons (Fsp3) is 0.529. The maximum atomic E-state index is 12.1. The number of aliphatic hydroxyl groups excluding tert-OH is 1. The summed E-state index contributed by atoms with van der Waals surface area (Å²) in [5, 5.41) is 19.2. The molecule has 0 saturated heterocycles. The van der Waals surface area contributed by atoms with E-state index in [1.807, 2.05) is 26.8 Å².